The minimum Gasteiger partial charge on any atom is -0.311 e. The van der Waals surface area contributed by atoms with Gasteiger partial charge in [0.25, 0.3) is 0 Å². The van der Waals surface area contributed by atoms with Crippen molar-refractivity contribution in [3.8, 4) is 0 Å². The third-order valence-electron chi connectivity index (χ3n) is 3.02. The van der Waals surface area contributed by atoms with Gasteiger partial charge >= 0.3 is 0 Å². The van der Waals surface area contributed by atoms with Crippen LogP contribution in [0.3, 0.4) is 0 Å². The van der Waals surface area contributed by atoms with E-state index in [-0.39, 0.29) is 0 Å². The standard InChI is InChI=1S/C11H18BrN3S/c1-13-11(10-5-8(12)7-16-10)9-6-15(2)4-3-14-9/h5,7,9,11,13-14H,3-4,6H2,1-2H3. The van der Waals surface area contributed by atoms with Gasteiger partial charge in [-0.25, -0.2) is 0 Å². The van der Waals surface area contributed by atoms with Crippen molar-refractivity contribution in [1.82, 2.24) is 15.5 Å². The van der Waals surface area contributed by atoms with E-state index in [1.54, 1.807) is 0 Å². The second-order valence-electron chi connectivity index (χ2n) is 4.26. The fraction of sp³-hybridized carbons (Fsp3) is 0.636. The number of likely N-dealkylation sites (N-methyl/N-ethyl adjacent to an activating group) is 2. The molecule has 0 radical (unpaired) electrons. The molecular formula is C11H18BrN3S. The van der Waals surface area contributed by atoms with E-state index in [2.05, 4.69) is 50.0 Å². The lowest BCUT2D eigenvalue weighted by atomic mass is 10.0. The lowest BCUT2D eigenvalue weighted by Gasteiger charge is -2.35. The molecule has 1 aliphatic heterocycles. The first-order valence-electron chi connectivity index (χ1n) is 5.54. The molecule has 2 rings (SSSR count). The zero-order chi connectivity index (χ0) is 11.5. The van der Waals surface area contributed by atoms with Crippen molar-refractivity contribution in [3.05, 3.63) is 20.8 Å². The molecule has 1 aromatic heterocycles. The Morgan fingerprint density at radius 3 is 3.06 bits per heavy atom. The van der Waals surface area contributed by atoms with E-state index in [1.807, 2.05) is 18.4 Å². The van der Waals surface area contributed by atoms with E-state index in [4.69, 9.17) is 0 Å². The van der Waals surface area contributed by atoms with Crippen molar-refractivity contribution in [2.45, 2.75) is 12.1 Å². The van der Waals surface area contributed by atoms with Gasteiger partial charge in [-0.1, -0.05) is 0 Å². The van der Waals surface area contributed by atoms with Crippen molar-refractivity contribution in [1.29, 1.82) is 0 Å². The summed E-state index contributed by atoms with van der Waals surface area (Å²) >= 11 is 5.33. The van der Waals surface area contributed by atoms with Gasteiger partial charge in [-0.05, 0) is 36.1 Å². The highest BCUT2D eigenvalue weighted by molar-refractivity contribution is 9.10. The van der Waals surface area contributed by atoms with Gasteiger partial charge in [0.15, 0.2) is 0 Å². The summed E-state index contributed by atoms with van der Waals surface area (Å²) in [6, 6.07) is 3.11. The van der Waals surface area contributed by atoms with Crippen molar-refractivity contribution >= 4 is 27.3 Å². The number of thiophene rings is 1. The van der Waals surface area contributed by atoms with E-state index in [1.165, 1.54) is 9.35 Å². The zero-order valence-electron chi connectivity index (χ0n) is 9.66. The number of rotatable bonds is 3. The molecule has 2 unspecified atom stereocenters. The molecule has 1 aromatic rings. The Hall–Kier alpha value is 0.0600. The fourth-order valence-electron chi connectivity index (χ4n) is 2.19. The van der Waals surface area contributed by atoms with Gasteiger partial charge in [0.2, 0.25) is 0 Å². The lowest BCUT2D eigenvalue weighted by molar-refractivity contribution is 0.211. The Kier molecular flexibility index (Phi) is 4.38. The van der Waals surface area contributed by atoms with E-state index >= 15 is 0 Å². The monoisotopic (exact) mass is 303 g/mol. The predicted octanol–water partition coefficient (Wildman–Crippen LogP) is 1.67. The number of nitrogens with one attached hydrogen (secondary N) is 2. The molecule has 90 valence electrons. The first-order valence-corrected chi connectivity index (χ1v) is 7.21. The van der Waals surface area contributed by atoms with Gasteiger partial charge in [-0.3, -0.25) is 0 Å². The molecule has 3 nitrogen and oxygen atoms in total. The molecule has 1 saturated heterocycles. The number of nitrogens with zero attached hydrogens (tertiary/aromatic N) is 1. The quantitative estimate of drug-likeness (QED) is 0.889. The molecule has 2 heterocycles. The summed E-state index contributed by atoms with van der Waals surface area (Å²) in [7, 11) is 4.22. The van der Waals surface area contributed by atoms with Crippen molar-refractivity contribution in [3.63, 3.8) is 0 Å². The smallest absolute Gasteiger partial charge is 0.0581 e. The number of piperazine rings is 1. The molecule has 2 atom stereocenters. The van der Waals surface area contributed by atoms with Crippen LogP contribution in [0.4, 0.5) is 0 Å². The SMILES string of the molecule is CNC(c1cc(Br)cs1)C1CN(C)CCN1. The highest BCUT2D eigenvalue weighted by Crippen LogP contribution is 2.28. The molecule has 0 saturated carbocycles. The second kappa shape index (κ2) is 5.60. The molecule has 0 bridgehead atoms. The number of halogens is 1. The molecular weight excluding hydrogens is 286 g/mol. The first-order chi connectivity index (χ1) is 7.70. The van der Waals surface area contributed by atoms with Crippen molar-refractivity contribution < 1.29 is 0 Å². The van der Waals surface area contributed by atoms with Crippen LogP contribution in [-0.4, -0.2) is 44.7 Å². The van der Waals surface area contributed by atoms with Crippen LogP contribution in [0.25, 0.3) is 0 Å². The zero-order valence-corrected chi connectivity index (χ0v) is 12.1. The second-order valence-corrected chi connectivity index (χ2v) is 6.11. The summed E-state index contributed by atoms with van der Waals surface area (Å²) in [6.45, 7) is 3.31. The summed E-state index contributed by atoms with van der Waals surface area (Å²) in [5.41, 5.74) is 0. The van der Waals surface area contributed by atoms with Crippen molar-refractivity contribution in [2.24, 2.45) is 0 Å². The van der Waals surface area contributed by atoms with Gasteiger partial charge < -0.3 is 15.5 Å². The molecule has 2 N–H and O–H groups in total. The van der Waals surface area contributed by atoms with Crippen LogP contribution in [-0.2, 0) is 0 Å². The van der Waals surface area contributed by atoms with Gasteiger partial charge in [0.05, 0.1) is 6.04 Å². The molecule has 0 spiro atoms. The predicted molar refractivity (Wildman–Crippen MR) is 73.1 cm³/mol. The Labute approximate surface area is 109 Å². The maximum absolute atomic E-state index is 3.60. The summed E-state index contributed by atoms with van der Waals surface area (Å²) < 4.78 is 1.18. The summed E-state index contributed by atoms with van der Waals surface area (Å²) in [5.74, 6) is 0. The van der Waals surface area contributed by atoms with Crippen LogP contribution < -0.4 is 10.6 Å². The average Bonchev–Trinajstić information content (AvgIpc) is 2.66. The molecule has 5 heteroatoms. The molecule has 0 aliphatic carbocycles. The summed E-state index contributed by atoms with van der Waals surface area (Å²) in [4.78, 5) is 3.77. The van der Waals surface area contributed by atoms with Crippen LogP contribution >= 0.6 is 27.3 Å². The van der Waals surface area contributed by atoms with Crippen LogP contribution in [0.2, 0.25) is 0 Å². The van der Waals surface area contributed by atoms with E-state index < -0.39 is 0 Å². The highest BCUT2D eigenvalue weighted by Gasteiger charge is 2.26. The van der Waals surface area contributed by atoms with Crippen LogP contribution in [0.1, 0.15) is 10.9 Å². The van der Waals surface area contributed by atoms with Gasteiger partial charge in [0.1, 0.15) is 0 Å². The highest BCUT2D eigenvalue weighted by atomic mass is 79.9. The lowest BCUT2D eigenvalue weighted by Crippen LogP contribution is -2.53. The van der Waals surface area contributed by atoms with Gasteiger partial charge in [-0.2, -0.15) is 0 Å². The van der Waals surface area contributed by atoms with Crippen LogP contribution in [0.5, 0.6) is 0 Å². The summed E-state index contributed by atoms with van der Waals surface area (Å²) in [5, 5.41) is 9.16. The number of hydrogen-bond donors (Lipinski definition) is 2. The Bertz CT molecular complexity index is 342. The molecule has 1 aliphatic rings. The molecule has 0 aromatic carbocycles. The minimum atomic E-state index is 0.402. The average molecular weight is 304 g/mol. The fourth-order valence-corrected chi connectivity index (χ4v) is 3.81. The Balaban J connectivity index is 2.09. The van der Waals surface area contributed by atoms with Crippen LogP contribution in [0.15, 0.2) is 15.9 Å². The first kappa shape index (κ1) is 12.5. The minimum absolute atomic E-state index is 0.402. The van der Waals surface area contributed by atoms with Crippen LogP contribution in [0, 0.1) is 0 Å². The van der Waals surface area contributed by atoms with E-state index in [0.29, 0.717) is 12.1 Å². The summed E-state index contributed by atoms with van der Waals surface area (Å²) in [6.07, 6.45) is 0. The van der Waals surface area contributed by atoms with Crippen molar-refractivity contribution in [2.75, 3.05) is 33.7 Å². The van der Waals surface area contributed by atoms with Gasteiger partial charge in [0, 0.05) is 40.4 Å². The third-order valence-corrected chi connectivity index (χ3v) is 4.79. The van der Waals surface area contributed by atoms with Gasteiger partial charge in [-0.15, -0.1) is 11.3 Å². The molecule has 1 fully saturated rings. The maximum atomic E-state index is 3.60. The molecule has 0 amide bonds. The largest absolute Gasteiger partial charge is 0.311 e. The molecule has 16 heavy (non-hydrogen) atoms. The topological polar surface area (TPSA) is 27.3 Å². The third kappa shape index (κ3) is 2.84. The maximum Gasteiger partial charge on any atom is 0.0581 e. The van der Waals surface area contributed by atoms with E-state index in [0.717, 1.165) is 19.6 Å². The van der Waals surface area contributed by atoms with E-state index in [9.17, 15) is 0 Å². The normalized spacial score (nSPS) is 24.6. The Morgan fingerprint density at radius 1 is 1.69 bits per heavy atom. The Morgan fingerprint density at radius 2 is 2.50 bits per heavy atom. The number of hydrogen-bond acceptors (Lipinski definition) is 4.